The molecule has 3 heterocycles. The van der Waals surface area contributed by atoms with Crippen LogP contribution in [0.25, 0.3) is 0 Å². The van der Waals surface area contributed by atoms with Crippen LogP contribution in [0.4, 0.5) is 0 Å². The number of likely N-dealkylation sites (N-methyl/N-ethyl adjacent to an activating group) is 1. The molecule has 16 atom stereocenters. The number of carbonyl (C=O) groups is 3. The third kappa shape index (κ3) is 13.4. The van der Waals surface area contributed by atoms with Crippen LogP contribution in [-0.2, 0) is 47.5 Å². The zero-order valence-corrected chi connectivity index (χ0v) is 34.2. The summed E-state index contributed by atoms with van der Waals surface area (Å²) in [6.07, 6.45) is -3.92. The number of aldehydes is 1. The Hall–Kier alpha value is -2.31. The van der Waals surface area contributed by atoms with Crippen molar-refractivity contribution < 1.29 is 68.0 Å². The van der Waals surface area contributed by atoms with Gasteiger partial charge in [0.15, 0.2) is 18.7 Å². The zero-order chi connectivity index (χ0) is 41.2. The summed E-state index contributed by atoms with van der Waals surface area (Å²) in [6.45, 7) is 12.4. The van der Waals surface area contributed by atoms with Gasteiger partial charge >= 0.3 is 11.9 Å². The zero-order valence-electron chi connectivity index (χ0n) is 34.2. The molecule has 0 aliphatic carbocycles. The number of aliphatic hydroxyl groups excluding tert-OH is 3. The number of aliphatic hydroxyl groups is 4. The second-order valence-corrected chi connectivity index (χ2v) is 16.4. The SMILES string of the molecule is CO[C@@H]1[C@@H](OC2OC(C)C(OC3CC(C)(O)C(OC(=O)CC(C)C)C(C)O3)C(N(C)C)C2O)[C@@H](CC=O)C[C@@H](C)[C@H](O)/C=C/C=C/C[C@@H](C)OC(=O)C[C@H]1O. The van der Waals surface area contributed by atoms with Crippen molar-refractivity contribution in [2.75, 3.05) is 21.2 Å². The van der Waals surface area contributed by atoms with Crippen LogP contribution in [0.2, 0.25) is 0 Å². The minimum Gasteiger partial charge on any atom is -0.462 e. The van der Waals surface area contributed by atoms with Crippen molar-refractivity contribution in [3.05, 3.63) is 24.3 Å². The molecule has 2 fully saturated rings. The lowest BCUT2D eigenvalue weighted by molar-refractivity contribution is -0.344. The van der Waals surface area contributed by atoms with Crippen LogP contribution in [0.15, 0.2) is 24.3 Å². The van der Waals surface area contributed by atoms with E-state index < -0.39 is 110 Å². The van der Waals surface area contributed by atoms with Gasteiger partial charge in [-0.05, 0) is 66.0 Å². The van der Waals surface area contributed by atoms with E-state index >= 15 is 0 Å². The van der Waals surface area contributed by atoms with Crippen LogP contribution in [0.5, 0.6) is 0 Å². The summed E-state index contributed by atoms with van der Waals surface area (Å²) in [7, 11) is 4.86. The van der Waals surface area contributed by atoms with Crippen LogP contribution in [0, 0.1) is 17.8 Å². The molecule has 9 unspecified atom stereocenters. The van der Waals surface area contributed by atoms with Crippen molar-refractivity contribution in [1.29, 1.82) is 0 Å². The second kappa shape index (κ2) is 21.4. The number of allylic oxidation sites excluding steroid dienone is 2. The van der Waals surface area contributed by atoms with Crippen LogP contribution in [-0.4, -0.2) is 150 Å². The van der Waals surface area contributed by atoms with Gasteiger partial charge in [-0.1, -0.05) is 45.1 Å². The average Bonchev–Trinajstić information content (AvgIpc) is 3.06. The molecule has 15 heteroatoms. The molecule has 0 aromatic rings. The fourth-order valence-corrected chi connectivity index (χ4v) is 7.78. The van der Waals surface area contributed by atoms with Gasteiger partial charge in [0.1, 0.15) is 36.3 Å². The molecular weight excluding hydrogens is 718 g/mol. The standard InChI is InChI=1S/C40H67NO14/c1-22(2)18-30(45)53-38-26(6)51-32(21-40(38,7)48)54-35-25(5)52-39(34(47)33(35)41(8)9)55-36-27(16-17-42)19-23(3)28(43)15-13-11-12-14-24(4)50-31(46)20-29(44)37(36)49-10/h11-13,15,17,22-29,32-39,43-44,47-48H,14,16,18-21H2,1-10H3/b12-11+,15-13+/t23-,24-,25?,26?,27+,28-,29-,32?,33?,34?,35?,36+,37+,38?,39?,40?/m1/s1. The molecule has 0 radical (unpaired) electrons. The Morgan fingerprint density at radius 3 is 2.33 bits per heavy atom. The van der Waals surface area contributed by atoms with Gasteiger partial charge in [-0.2, -0.15) is 0 Å². The summed E-state index contributed by atoms with van der Waals surface area (Å²) in [5, 5.41) is 45.8. The summed E-state index contributed by atoms with van der Waals surface area (Å²) in [4.78, 5) is 39.3. The lowest BCUT2D eigenvalue weighted by atomic mass is 9.82. The summed E-state index contributed by atoms with van der Waals surface area (Å²) < 4.78 is 42.4. The Kier molecular flexibility index (Phi) is 18.4. The molecule has 15 nitrogen and oxygen atoms in total. The van der Waals surface area contributed by atoms with Crippen molar-refractivity contribution in [2.45, 2.75) is 172 Å². The summed E-state index contributed by atoms with van der Waals surface area (Å²) in [5.41, 5.74) is -1.49. The van der Waals surface area contributed by atoms with Gasteiger partial charge in [-0.15, -0.1) is 0 Å². The highest BCUT2D eigenvalue weighted by Crippen LogP contribution is 2.37. The molecule has 0 bridgehead atoms. The van der Waals surface area contributed by atoms with E-state index in [1.54, 1.807) is 64.9 Å². The summed E-state index contributed by atoms with van der Waals surface area (Å²) in [6, 6.07) is -0.753. The molecule has 0 saturated carbocycles. The largest absolute Gasteiger partial charge is 0.462 e. The fraction of sp³-hybridized carbons (Fsp3) is 0.825. The molecule has 0 spiro atoms. The molecule has 316 valence electrons. The Morgan fingerprint density at radius 2 is 1.73 bits per heavy atom. The van der Waals surface area contributed by atoms with Crippen LogP contribution in [0.3, 0.4) is 0 Å². The van der Waals surface area contributed by atoms with Gasteiger partial charge in [-0.25, -0.2) is 0 Å². The Bertz CT molecular complexity index is 1270. The first-order chi connectivity index (χ1) is 25.8. The van der Waals surface area contributed by atoms with Crippen molar-refractivity contribution >= 4 is 18.2 Å². The average molecular weight is 786 g/mol. The first-order valence-corrected chi connectivity index (χ1v) is 19.5. The molecule has 55 heavy (non-hydrogen) atoms. The maximum absolute atomic E-state index is 12.9. The van der Waals surface area contributed by atoms with Gasteiger partial charge in [0, 0.05) is 32.8 Å². The van der Waals surface area contributed by atoms with Crippen LogP contribution in [0.1, 0.15) is 87.0 Å². The van der Waals surface area contributed by atoms with Crippen molar-refractivity contribution in [1.82, 2.24) is 4.90 Å². The van der Waals surface area contributed by atoms with E-state index in [1.807, 2.05) is 26.8 Å². The van der Waals surface area contributed by atoms with Gasteiger partial charge in [0.05, 0.1) is 43.0 Å². The van der Waals surface area contributed by atoms with Crippen molar-refractivity contribution in [2.24, 2.45) is 17.8 Å². The summed E-state index contributed by atoms with van der Waals surface area (Å²) in [5.74, 6) is -2.03. The highest BCUT2D eigenvalue weighted by atomic mass is 16.7. The minimum atomic E-state index is -1.49. The first kappa shape index (κ1) is 47.1. The third-order valence-corrected chi connectivity index (χ3v) is 10.6. The maximum Gasteiger partial charge on any atom is 0.308 e. The third-order valence-electron chi connectivity index (χ3n) is 10.6. The molecule has 3 rings (SSSR count). The van der Waals surface area contributed by atoms with E-state index in [9.17, 15) is 34.8 Å². The molecule has 3 aliphatic rings. The lowest BCUT2D eigenvalue weighted by Gasteiger charge is -2.50. The van der Waals surface area contributed by atoms with Gasteiger partial charge in [0.2, 0.25) is 0 Å². The minimum absolute atomic E-state index is 0.0318. The van der Waals surface area contributed by atoms with Gasteiger partial charge in [-0.3, -0.25) is 9.59 Å². The highest BCUT2D eigenvalue weighted by Gasteiger charge is 2.52. The maximum atomic E-state index is 12.9. The van der Waals surface area contributed by atoms with E-state index in [-0.39, 0.29) is 37.5 Å². The van der Waals surface area contributed by atoms with Crippen LogP contribution < -0.4 is 0 Å². The number of carbonyl (C=O) groups excluding carboxylic acids is 3. The second-order valence-electron chi connectivity index (χ2n) is 16.4. The number of hydrogen-bond donors (Lipinski definition) is 4. The number of cyclic esters (lactones) is 1. The van der Waals surface area contributed by atoms with E-state index in [1.165, 1.54) is 7.11 Å². The number of hydrogen-bond acceptors (Lipinski definition) is 15. The molecule has 0 aromatic carbocycles. The number of ether oxygens (including phenoxy) is 7. The first-order valence-electron chi connectivity index (χ1n) is 19.5. The van der Waals surface area contributed by atoms with Crippen LogP contribution >= 0.6 is 0 Å². The van der Waals surface area contributed by atoms with Gasteiger partial charge in [0.25, 0.3) is 0 Å². The topological polar surface area (TPSA) is 200 Å². The molecule has 0 aromatic heterocycles. The molecule has 2 saturated heterocycles. The number of nitrogens with zero attached hydrogens (tertiary/aromatic N) is 1. The van der Waals surface area contributed by atoms with E-state index in [0.29, 0.717) is 6.42 Å². The predicted molar refractivity (Wildman–Crippen MR) is 200 cm³/mol. The normalized spacial score (nSPS) is 42.4. The molecular formula is C40H67NO14. The van der Waals surface area contributed by atoms with E-state index in [4.69, 9.17) is 33.2 Å². The Labute approximate surface area is 326 Å². The van der Waals surface area contributed by atoms with E-state index in [0.717, 1.165) is 6.29 Å². The lowest BCUT2D eigenvalue weighted by Crippen LogP contribution is -2.66. The monoisotopic (exact) mass is 785 g/mol. The molecule has 3 aliphatic heterocycles. The number of esters is 2. The Balaban J connectivity index is 1.90. The van der Waals surface area contributed by atoms with Crippen molar-refractivity contribution in [3.8, 4) is 0 Å². The highest BCUT2D eigenvalue weighted by molar-refractivity contribution is 5.70. The Morgan fingerprint density at radius 1 is 1.04 bits per heavy atom. The predicted octanol–water partition coefficient (Wildman–Crippen LogP) is 2.44. The van der Waals surface area contributed by atoms with Gasteiger partial charge < -0.3 is 63.3 Å². The summed E-state index contributed by atoms with van der Waals surface area (Å²) >= 11 is 0. The van der Waals surface area contributed by atoms with Crippen molar-refractivity contribution in [3.63, 3.8) is 0 Å². The fourth-order valence-electron chi connectivity index (χ4n) is 7.78. The van der Waals surface area contributed by atoms with E-state index in [2.05, 4.69) is 0 Å². The number of methoxy groups -OCH3 is 1. The number of rotatable bonds is 11. The smallest absolute Gasteiger partial charge is 0.308 e. The quantitative estimate of drug-likeness (QED) is 0.176. The molecule has 0 amide bonds. The molecule has 4 N–H and O–H groups in total.